The predicted octanol–water partition coefficient (Wildman–Crippen LogP) is 2.63. The number of aryl methyl sites for hydroxylation is 2. The van der Waals surface area contributed by atoms with Gasteiger partial charge in [-0.15, -0.1) is 0 Å². The largest absolute Gasteiger partial charge is 0.340 e. The molecule has 86 valence electrons. The van der Waals surface area contributed by atoms with E-state index in [9.17, 15) is 0 Å². The number of hydrogen-bond acceptors (Lipinski definition) is 2. The lowest BCUT2D eigenvalue weighted by atomic mass is 10.1. The molecule has 0 fully saturated rings. The van der Waals surface area contributed by atoms with Gasteiger partial charge in [0.15, 0.2) is 0 Å². The molecule has 2 N–H and O–H groups in total. The summed E-state index contributed by atoms with van der Waals surface area (Å²) < 4.78 is 0. The molecular formula is C13H19N3. The first-order valence-electron chi connectivity index (χ1n) is 5.60. The lowest BCUT2D eigenvalue weighted by molar-refractivity contribution is 0.422. The number of rotatable bonds is 2. The summed E-state index contributed by atoms with van der Waals surface area (Å²) in [5, 5.41) is 3.26. The van der Waals surface area contributed by atoms with E-state index in [0.717, 1.165) is 16.9 Å². The molecule has 0 bridgehead atoms. The van der Waals surface area contributed by atoms with Gasteiger partial charge in [-0.2, -0.15) is 0 Å². The Kier molecular flexibility index (Phi) is 2.50. The number of hydrogen-bond donors (Lipinski definition) is 2. The van der Waals surface area contributed by atoms with Crippen LogP contribution in [0.15, 0.2) is 12.1 Å². The Bertz CT molecular complexity index is 523. The smallest absolute Gasteiger partial charge is 0.127 e. The van der Waals surface area contributed by atoms with Crippen LogP contribution in [0.5, 0.6) is 0 Å². The van der Waals surface area contributed by atoms with Crippen LogP contribution in [-0.2, 0) is 5.54 Å². The summed E-state index contributed by atoms with van der Waals surface area (Å²) in [6.07, 6.45) is 0. The first kappa shape index (κ1) is 11.1. The minimum Gasteiger partial charge on any atom is -0.340 e. The molecule has 1 aromatic carbocycles. The van der Waals surface area contributed by atoms with Crippen molar-refractivity contribution >= 4 is 11.0 Å². The number of aromatic amines is 1. The minimum absolute atomic E-state index is 0.126. The van der Waals surface area contributed by atoms with Gasteiger partial charge in [0, 0.05) is 0 Å². The molecule has 2 aromatic rings. The Labute approximate surface area is 96.3 Å². The van der Waals surface area contributed by atoms with Gasteiger partial charge in [-0.3, -0.25) is 0 Å². The molecule has 0 saturated carbocycles. The van der Waals surface area contributed by atoms with Crippen LogP contribution in [0.2, 0.25) is 0 Å². The quantitative estimate of drug-likeness (QED) is 0.812. The number of aromatic nitrogens is 2. The molecule has 16 heavy (non-hydrogen) atoms. The van der Waals surface area contributed by atoms with Crippen molar-refractivity contribution in [1.29, 1.82) is 0 Å². The van der Waals surface area contributed by atoms with Gasteiger partial charge in [0.25, 0.3) is 0 Å². The van der Waals surface area contributed by atoms with E-state index >= 15 is 0 Å². The van der Waals surface area contributed by atoms with Crippen LogP contribution in [0, 0.1) is 13.8 Å². The second kappa shape index (κ2) is 3.59. The number of nitrogens with one attached hydrogen (secondary N) is 2. The highest BCUT2D eigenvalue weighted by atomic mass is 15.0. The molecule has 1 aromatic heterocycles. The van der Waals surface area contributed by atoms with Gasteiger partial charge in [0.1, 0.15) is 5.82 Å². The van der Waals surface area contributed by atoms with E-state index in [0.29, 0.717) is 0 Å². The van der Waals surface area contributed by atoms with Gasteiger partial charge >= 0.3 is 0 Å². The number of benzene rings is 1. The van der Waals surface area contributed by atoms with Crippen LogP contribution in [0.4, 0.5) is 0 Å². The van der Waals surface area contributed by atoms with Gasteiger partial charge in [-0.05, 0) is 51.9 Å². The van der Waals surface area contributed by atoms with Gasteiger partial charge in [0.2, 0.25) is 0 Å². The van der Waals surface area contributed by atoms with E-state index in [4.69, 9.17) is 0 Å². The second-order valence-corrected chi connectivity index (χ2v) is 4.94. The molecule has 0 amide bonds. The minimum atomic E-state index is -0.126. The maximum absolute atomic E-state index is 4.68. The zero-order valence-corrected chi connectivity index (χ0v) is 10.6. The topological polar surface area (TPSA) is 40.7 Å². The Hall–Kier alpha value is -1.35. The summed E-state index contributed by atoms with van der Waals surface area (Å²) in [5.41, 5.74) is 4.56. The van der Waals surface area contributed by atoms with Gasteiger partial charge in [-0.1, -0.05) is 6.07 Å². The summed E-state index contributed by atoms with van der Waals surface area (Å²) in [5.74, 6) is 0.985. The third kappa shape index (κ3) is 1.71. The Balaban J connectivity index is 2.65. The second-order valence-electron chi connectivity index (χ2n) is 4.94. The molecule has 0 spiro atoms. The van der Waals surface area contributed by atoms with Crippen molar-refractivity contribution < 1.29 is 0 Å². The maximum atomic E-state index is 4.68. The van der Waals surface area contributed by atoms with Crippen molar-refractivity contribution in [2.45, 2.75) is 33.2 Å². The average Bonchev–Trinajstić information content (AvgIpc) is 2.62. The zero-order valence-electron chi connectivity index (χ0n) is 10.6. The molecule has 3 nitrogen and oxygen atoms in total. The van der Waals surface area contributed by atoms with Crippen molar-refractivity contribution in [3.8, 4) is 0 Å². The molecule has 0 saturated heterocycles. The van der Waals surface area contributed by atoms with E-state index in [2.05, 4.69) is 55.1 Å². The summed E-state index contributed by atoms with van der Waals surface area (Å²) in [6, 6.07) is 4.31. The Morgan fingerprint density at radius 1 is 1.25 bits per heavy atom. The molecule has 0 atom stereocenters. The van der Waals surface area contributed by atoms with Gasteiger partial charge in [-0.25, -0.2) is 4.98 Å². The molecule has 0 unspecified atom stereocenters. The number of imidazole rings is 1. The molecule has 1 heterocycles. The fraction of sp³-hybridized carbons (Fsp3) is 0.462. The highest BCUT2D eigenvalue weighted by Gasteiger charge is 2.22. The predicted molar refractivity (Wildman–Crippen MR) is 67.7 cm³/mol. The lowest BCUT2D eigenvalue weighted by Gasteiger charge is -2.20. The summed E-state index contributed by atoms with van der Waals surface area (Å²) >= 11 is 0. The average molecular weight is 217 g/mol. The Morgan fingerprint density at radius 3 is 2.56 bits per heavy atom. The van der Waals surface area contributed by atoms with E-state index in [1.54, 1.807) is 0 Å². The number of fused-ring (bicyclic) bond motifs is 1. The first-order valence-corrected chi connectivity index (χ1v) is 5.60. The van der Waals surface area contributed by atoms with Crippen LogP contribution in [0.3, 0.4) is 0 Å². The van der Waals surface area contributed by atoms with Crippen molar-refractivity contribution in [3.63, 3.8) is 0 Å². The van der Waals surface area contributed by atoms with Crippen molar-refractivity contribution in [2.75, 3.05) is 7.05 Å². The summed E-state index contributed by atoms with van der Waals surface area (Å²) in [6.45, 7) is 8.45. The van der Waals surface area contributed by atoms with Crippen molar-refractivity contribution in [2.24, 2.45) is 0 Å². The van der Waals surface area contributed by atoms with Crippen LogP contribution in [0.1, 0.15) is 30.8 Å². The van der Waals surface area contributed by atoms with E-state index in [-0.39, 0.29) is 5.54 Å². The highest BCUT2D eigenvalue weighted by molar-refractivity contribution is 5.79. The summed E-state index contributed by atoms with van der Waals surface area (Å²) in [7, 11) is 1.95. The van der Waals surface area contributed by atoms with Crippen LogP contribution in [0.25, 0.3) is 11.0 Å². The fourth-order valence-corrected chi connectivity index (χ4v) is 1.89. The monoisotopic (exact) mass is 217 g/mol. The zero-order chi connectivity index (χ0) is 11.9. The molecular weight excluding hydrogens is 198 g/mol. The molecule has 0 aliphatic carbocycles. The third-order valence-electron chi connectivity index (χ3n) is 3.14. The van der Waals surface area contributed by atoms with Gasteiger partial charge in [0.05, 0.1) is 16.6 Å². The number of H-pyrrole nitrogens is 1. The first-order chi connectivity index (χ1) is 7.44. The molecule has 2 rings (SSSR count). The highest BCUT2D eigenvalue weighted by Crippen LogP contribution is 2.23. The molecule has 0 aliphatic heterocycles. The third-order valence-corrected chi connectivity index (χ3v) is 3.14. The molecule has 3 heteroatoms. The van der Waals surface area contributed by atoms with Crippen LogP contribution >= 0.6 is 0 Å². The SMILES string of the molecule is CNC(C)(C)c1nc2c(C)cc(C)cc2[nH]1. The van der Waals surface area contributed by atoms with E-state index in [1.807, 2.05) is 7.05 Å². The fourth-order valence-electron chi connectivity index (χ4n) is 1.89. The van der Waals surface area contributed by atoms with Crippen LogP contribution in [-0.4, -0.2) is 17.0 Å². The van der Waals surface area contributed by atoms with Crippen molar-refractivity contribution in [1.82, 2.24) is 15.3 Å². The Morgan fingerprint density at radius 2 is 1.94 bits per heavy atom. The molecule has 0 radical (unpaired) electrons. The van der Waals surface area contributed by atoms with E-state index < -0.39 is 0 Å². The summed E-state index contributed by atoms with van der Waals surface area (Å²) in [4.78, 5) is 8.07. The molecule has 0 aliphatic rings. The maximum Gasteiger partial charge on any atom is 0.127 e. The standard InChI is InChI=1S/C13H19N3/c1-8-6-9(2)11-10(7-8)15-12(16-11)13(3,4)14-5/h6-7,14H,1-5H3,(H,15,16). The number of nitrogens with zero attached hydrogens (tertiary/aromatic N) is 1. The van der Waals surface area contributed by atoms with Gasteiger partial charge < -0.3 is 10.3 Å². The van der Waals surface area contributed by atoms with Crippen LogP contribution < -0.4 is 5.32 Å². The van der Waals surface area contributed by atoms with Crippen molar-refractivity contribution in [3.05, 3.63) is 29.1 Å². The lowest BCUT2D eigenvalue weighted by Crippen LogP contribution is -2.34. The normalized spacial score (nSPS) is 12.3. The van der Waals surface area contributed by atoms with E-state index in [1.165, 1.54) is 11.1 Å².